The Morgan fingerprint density at radius 3 is 1.86 bits per heavy atom. The third kappa shape index (κ3) is 11.2. The molecule has 1 saturated carbocycles. The van der Waals surface area contributed by atoms with E-state index in [1.165, 1.54) is 47.9 Å². The van der Waals surface area contributed by atoms with Crippen molar-refractivity contribution in [2.75, 3.05) is 19.8 Å². The molecule has 1 unspecified atom stereocenters. The predicted octanol–water partition coefficient (Wildman–Crippen LogP) is 7.70. The Morgan fingerprint density at radius 2 is 1.33 bits per heavy atom. The number of carbonyl (C=O) groups is 2. The van der Waals surface area contributed by atoms with Crippen molar-refractivity contribution in [3.05, 3.63) is 95.1 Å². The number of hydrogen-bond donors (Lipinski definition) is 1. The maximum atomic E-state index is 12.0. The van der Waals surface area contributed by atoms with Crippen molar-refractivity contribution in [1.82, 2.24) is 0 Å². The van der Waals surface area contributed by atoms with E-state index in [-0.39, 0.29) is 24.7 Å². The van der Waals surface area contributed by atoms with Gasteiger partial charge in [-0.1, -0.05) is 81.5 Å². The van der Waals surface area contributed by atoms with E-state index >= 15 is 0 Å². The summed E-state index contributed by atoms with van der Waals surface area (Å²) in [6.07, 6.45) is 12.4. The molecule has 5 nitrogen and oxygen atoms in total. The number of aryl methyl sites for hydroxylation is 3. The second kappa shape index (κ2) is 17.7. The molecule has 0 aromatic heterocycles. The zero-order valence-electron chi connectivity index (χ0n) is 25.7. The number of carbonyl (C=O) groups excluding carboxylic acids is 2. The van der Waals surface area contributed by atoms with Crippen LogP contribution in [0.2, 0.25) is 0 Å². The number of rotatable bonds is 17. The SMILES string of the molecule is C=C(C)C(=O)OCC(COC(=O)C(=C)CO)CC1CCC(c2ccc(CCc3ccc(CCCCC)cc3)cc2)CC1. The van der Waals surface area contributed by atoms with Gasteiger partial charge in [0, 0.05) is 11.5 Å². The van der Waals surface area contributed by atoms with Crippen LogP contribution in [0.1, 0.15) is 93.4 Å². The summed E-state index contributed by atoms with van der Waals surface area (Å²) in [7, 11) is 0. The third-order valence-electron chi connectivity index (χ3n) is 8.49. The minimum atomic E-state index is -0.614. The molecule has 0 spiro atoms. The molecule has 228 valence electrons. The number of ether oxygens (including phenoxy) is 2. The lowest BCUT2D eigenvalue weighted by molar-refractivity contribution is -0.144. The maximum absolute atomic E-state index is 12.0. The number of aliphatic hydroxyl groups excluding tert-OH is 1. The lowest BCUT2D eigenvalue weighted by Gasteiger charge is -2.31. The summed E-state index contributed by atoms with van der Waals surface area (Å²) in [5.74, 6) is -0.125. The second-order valence-electron chi connectivity index (χ2n) is 12.1. The Bertz CT molecular complexity index is 1140. The molecule has 5 heteroatoms. The summed E-state index contributed by atoms with van der Waals surface area (Å²) in [6.45, 7) is 10.9. The van der Waals surface area contributed by atoms with Gasteiger partial charge >= 0.3 is 11.9 Å². The minimum Gasteiger partial charge on any atom is -0.462 e. The number of unbranched alkanes of at least 4 members (excludes halogenated alkanes) is 2. The van der Waals surface area contributed by atoms with E-state index in [9.17, 15) is 9.59 Å². The number of hydrogen-bond acceptors (Lipinski definition) is 5. The van der Waals surface area contributed by atoms with Crippen LogP contribution in [-0.2, 0) is 38.3 Å². The molecular formula is C37H50O5. The molecule has 1 aliphatic rings. The number of benzene rings is 2. The molecule has 1 N–H and O–H groups in total. The lowest BCUT2D eigenvalue weighted by atomic mass is 9.75. The van der Waals surface area contributed by atoms with Crippen molar-refractivity contribution in [3.8, 4) is 0 Å². The first-order chi connectivity index (χ1) is 20.3. The van der Waals surface area contributed by atoms with Crippen LogP contribution in [0.3, 0.4) is 0 Å². The maximum Gasteiger partial charge on any atom is 0.335 e. The van der Waals surface area contributed by atoms with Crippen LogP contribution in [0.5, 0.6) is 0 Å². The molecule has 42 heavy (non-hydrogen) atoms. The number of esters is 2. The van der Waals surface area contributed by atoms with Crippen LogP contribution in [0.15, 0.2) is 72.8 Å². The Balaban J connectivity index is 1.45. The van der Waals surface area contributed by atoms with Gasteiger partial charge in [-0.15, -0.1) is 0 Å². The summed E-state index contributed by atoms with van der Waals surface area (Å²) in [5.41, 5.74) is 6.00. The van der Waals surface area contributed by atoms with Gasteiger partial charge in [-0.05, 0) is 98.8 Å². The van der Waals surface area contributed by atoms with Crippen LogP contribution >= 0.6 is 0 Å². The zero-order valence-corrected chi connectivity index (χ0v) is 25.7. The molecule has 2 aromatic carbocycles. The van der Waals surface area contributed by atoms with Crippen LogP contribution in [0.25, 0.3) is 0 Å². The van der Waals surface area contributed by atoms with Crippen molar-refractivity contribution in [3.63, 3.8) is 0 Å². The molecule has 1 aliphatic carbocycles. The van der Waals surface area contributed by atoms with Gasteiger partial charge in [0.1, 0.15) is 0 Å². The molecule has 0 aliphatic heterocycles. The van der Waals surface area contributed by atoms with Crippen LogP contribution in [0.4, 0.5) is 0 Å². The molecule has 1 fully saturated rings. The molecule has 0 saturated heterocycles. The smallest absolute Gasteiger partial charge is 0.335 e. The zero-order chi connectivity index (χ0) is 30.3. The van der Waals surface area contributed by atoms with Crippen LogP contribution in [0, 0.1) is 11.8 Å². The fourth-order valence-corrected chi connectivity index (χ4v) is 5.76. The summed E-state index contributed by atoms with van der Waals surface area (Å²) in [4.78, 5) is 23.9. The van der Waals surface area contributed by atoms with Gasteiger partial charge in [0.2, 0.25) is 0 Å². The van der Waals surface area contributed by atoms with Crippen molar-refractivity contribution in [2.24, 2.45) is 11.8 Å². The molecule has 0 heterocycles. The Hall–Kier alpha value is -3.18. The van der Waals surface area contributed by atoms with E-state index < -0.39 is 18.5 Å². The molecule has 1 atom stereocenters. The van der Waals surface area contributed by atoms with Gasteiger partial charge in [-0.25, -0.2) is 9.59 Å². The second-order valence-corrected chi connectivity index (χ2v) is 12.1. The van der Waals surface area contributed by atoms with Crippen LogP contribution in [-0.4, -0.2) is 36.9 Å². The highest BCUT2D eigenvalue weighted by Crippen LogP contribution is 2.38. The summed E-state index contributed by atoms with van der Waals surface area (Å²) in [6, 6.07) is 18.4. The first-order valence-corrected chi connectivity index (χ1v) is 15.7. The third-order valence-corrected chi connectivity index (χ3v) is 8.49. The molecule has 0 amide bonds. The summed E-state index contributed by atoms with van der Waals surface area (Å²) < 4.78 is 10.7. The fourth-order valence-electron chi connectivity index (χ4n) is 5.76. The molecule has 0 radical (unpaired) electrons. The van der Waals surface area contributed by atoms with Gasteiger partial charge in [0.05, 0.1) is 25.4 Å². The van der Waals surface area contributed by atoms with E-state index in [0.29, 0.717) is 17.4 Å². The number of aliphatic hydroxyl groups is 1. The predicted molar refractivity (Wildman–Crippen MR) is 169 cm³/mol. The normalized spacial score (nSPS) is 17.3. The van der Waals surface area contributed by atoms with E-state index in [1.807, 2.05) is 0 Å². The summed E-state index contributed by atoms with van der Waals surface area (Å²) in [5, 5.41) is 9.13. The topological polar surface area (TPSA) is 72.8 Å². The molecule has 2 aromatic rings. The van der Waals surface area contributed by atoms with Crippen molar-refractivity contribution < 1.29 is 24.2 Å². The Kier molecular flexibility index (Phi) is 14.0. The fraction of sp³-hybridized carbons (Fsp3) is 0.514. The highest BCUT2D eigenvalue weighted by molar-refractivity contribution is 5.88. The van der Waals surface area contributed by atoms with Gasteiger partial charge in [0.15, 0.2) is 0 Å². The highest BCUT2D eigenvalue weighted by Gasteiger charge is 2.26. The average molecular weight is 575 g/mol. The summed E-state index contributed by atoms with van der Waals surface area (Å²) >= 11 is 0. The van der Waals surface area contributed by atoms with E-state index in [2.05, 4.69) is 68.6 Å². The quantitative estimate of drug-likeness (QED) is 0.119. The minimum absolute atomic E-state index is 0.0195. The van der Waals surface area contributed by atoms with E-state index in [4.69, 9.17) is 14.6 Å². The van der Waals surface area contributed by atoms with Crippen molar-refractivity contribution >= 4 is 11.9 Å². The average Bonchev–Trinajstić information content (AvgIpc) is 3.01. The van der Waals surface area contributed by atoms with Gasteiger partial charge in [-0.2, -0.15) is 0 Å². The van der Waals surface area contributed by atoms with Crippen molar-refractivity contribution in [2.45, 2.75) is 90.4 Å². The standard InChI is InChI=1S/C37H50O5/c1-5-6-7-8-29-9-11-30(12-10-29)13-14-31-15-19-34(20-16-31)35-21-17-32(18-22-35)23-33(25-41-36(39)27(2)3)26-42-37(40)28(4)24-38/h9-12,15-16,19-20,32-33,35,38H,2,4-8,13-14,17-18,21-26H2,1,3H3. The first kappa shape index (κ1) is 33.3. The Morgan fingerprint density at radius 1 is 0.810 bits per heavy atom. The van der Waals surface area contributed by atoms with Crippen molar-refractivity contribution in [1.29, 1.82) is 0 Å². The molecule has 0 bridgehead atoms. The van der Waals surface area contributed by atoms with Gasteiger partial charge in [-0.3, -0.25) is 0 Å². The van der Waals surface area contributed by atoms with E-state index in [0.717, 1.165) is 44.9 Å². The molecule has 3 rings (SSSR count). The molecular weight excluding hydrogens is 524 g/mol. The van der Waals surface area contributed by atoms with Crippen LogP contribution < -0.4 is 0 Å². The van der Waals surface area contributed by atoms with Gasteiger partial charge < -0.3 is 14.6 Å². The van der Waals surface area contributed by atoms with Gasteiger partial charge in [0.25, 0.3) is 0 Å². The van der Waals surface area contributed by atoms with E-state index in [1.54, 1.807) is 6.92 Å². The lowest BCUT2D eigenvalue weighted by Crippen LogP contribution is -2.25. The highest BCUT2D eigenvalue weighted by atomic mass is 16.5. The largest absolute Gasteiger partial charge is 0.462 e. The monoisotopic (exact) mass is 574 g/mol. The first-order valence-electron chi connectivity index (χ1n) is 15.7. The Labute approximate surface area is 253 Å².